The highest BCUT2D eigenvalue weighted by atomic mass is 16.4. The molecule has 1 N–H and O–H groups in total. The summed E-state index contributed by atoms with van der Waals surface area (Å²) in [5, 5.41) is 9.23. The van der Waals surface area contributed by atoms with Crippen LogP contribution in [-0.2, 0) is 17.9 Å². The third-order valence-electron chi connectivity index (χ3n) is 6.21. The van der Waals surface area contributed by atoms with Gasteiger partial charge in [-0.15, -0.1) is 0 Å². The number of allylic oxidation sites excluding steroid dienone is 1. The highest BCUT2D eigenvalue weighted by Crippen LogP contribution is 2.47. The summed E-state index contributed by atoms with van der Waals surface area (Å²) < 4.78 is 1.62. The number of carbonyl (C=O) groups is 1. The number of aryl methyl sites for hydroxylation is 1. The Hall–Kier alpha value is -2.36. The Bertz CT molecular complexity index is 946. The first-order valence-electron chi connectivity index (χ1n) is 9.53. The van der Waals surface area contributed by atoms with Crippen molar-refractivity contribution >= 4 is 17.6 Å². The number of aromatic carboxylic acids is 1. The fraction of sp³-hybridized carbons (Fsp3) is 0.478. The first-order chi connectivity index (χ1) is 12.4. The number of carboxylic acids is 1. The van der Waals surface area contributed by atoms with E-state index in [0.717, 1.165) is 5.57 Å². The predicted molar refractivity (Wildman–Crippen MR) is 110 cm³/mol. The molecule has 1 aliphatic rings. The van der Waals surface area contributed by atoms with Gasteiger partial charge in [0.2, 0.25) is 0 Å². The van der Waals surface area contributed by atoms with Gasteiger partial charge in [0.05, 0.1) is 6.20 Å². The molecule has 0 unspecified atom stereocenters. The van der Waals surface area contributed by atoms with Crippen molar-refractivity contribution in [3.63, 3.8) is 0 Å². The van der Waals surface area contributed by atoms with E-state index in [1.807, 2.05) is 6.08 Å². The van der Waals surface area contributed by atoms with Gasteiger partial charge >= 0.3 is 5.97 Å². The lowest BCUT2D eigenvalue weighted by molar-refractivity contribution is 0.0686. The highest BCUT2D eigenvalue weighted by Gasteiger charge is 2.37. The van der Waals surface area contributed by atoms with Crippen LogP contribution in [0.15, 0.2) is 18.3 Å². The number of rotatable bonds is 3. The van der Waals surface area contributed by atoms with Crippen molar-refractivity contribution in [3.05, 3.63) is 52.1 Å². The van der Waals surface area contributed by atoms with Gasteiger partial charge in [-0.1, -0.05) is 39.8 Å². The Morgan fingerprint density at radius 2 is 1.70 bits per heavy atom. The molecule has 0 spiro atoms. The molecule has 1 aromatic carbocycles. The standard InChI is InChI=1S/C23H30N2O2/c1-14-10-17-18(23(5,6)9-8-22(17,3)4)12-16(14)15(2)11-20-24-13-19(21(26)27)25(20)7/h10-13H,8-9H2,1-7H3,(H,26,27)/b15-11+. The maximum absolute atomic E-state index is 11.3. The minimum atomic E-state index is -0.962. The molecule has 1 aromatic heterocycles. The quantitative estimate of drug-likeness (QED) is 0.798. The molecule has 0 saturated carbocycles. The van der Waals surface area contributed by atoms with E-state index in [-0.39, 0.29) is 16.5 Å². The maximum Gasteiger partial charge on any atom is 0.354 e. The first kappa shape index (κ1) is 19.4. The molecule has 0 saturated heterocycles. The van der Waals surface area contributed by atoms with Gasteiger partial charge in [-0.3, -0.25) is 0 Å². The molecule has 0 fully saturated rings. The normalized spacial score (nSPS) is 18.3. The summed E-state index contributed by atoms with van der Waals surface area (Å²) in [6.45, 7) is 13.6. The fourth-order valence-corrected chi connectivity index (χ4v) is 4.18. The van der Waals surface area contributed by atoms with Crippen LogP contribution < -0.4 is 0 Å². The summed E-state index contributed by atoms with van der Waals surface area (Å²) in [6, 6.07) is 4.70. The fourth-order valence-electron chi connectivity index (χ4n) is 4.18. The van der Waals surface area contributed by atoms with Gasteiger partial charge in [0, 0.05) is 7.05 Å². The van der Waals surface area contributed by atoms with Crippen molar-refractivity contribution in [2.45, 2.75) is 65.2 Å². The van der Waals surface area contributed by atoms with Crippen LogP contribution in [0.2, 0.25) is 0 Å². The van der Waals surface area contributed by atoms with E-state index in [9.17, 15) is 9.90 Å². The molecule has 0 radical (unpaired) electrons. The second-order valence-electron chi connectivity index (χ2n) is 9.17. The second kappa shape index (κ2) is 6.36. The Morgan fingerprint density at radius 1 is 1.15 bits per heavy atom. The van der Waals surface area contributed by atoms with E-state index < -0.39 is 5.97 Å². The van der Waals surface area contributed by atoms with Crippen LogP contribution in [-0.4, -0.2) is 20.6 Å². The average molecular weight is 367 g/mol. The number of benzene rings is 1. The van der Waals surface area contributed by atoms with Gasteiger partial charge in [-0.2, -0.15) is 0 Å². The molecule has 0 atom stereocenters. The number of hydrogen-bond acceptors (Lipinski definition) is 2. The molecule has 4 heteroatoms. The van der Waals surface area contributed by atoms with Gasteiger partial charge in [0.15, 0.2) is 0 Å². The predicted octanol–water partition coefficient (Wildman–Crippen LogP) is 5.34. The van der Waals surface area contributed by atoms with Gasteiger partial charge in [-0.25, -0.2) is 9.78 Å². The van der Waals surface area contributed by atoms with Crippen molar-refractivity contribution in [2.24, 2.45) is 7.05 Å². The van der Waals surface area contributed by atoms with E-state index in [1.54, 1.807) is 11.6 Å². The molecule has 2 aromatic rings. The van der Waals surface area contributed by atoms with Crippen molar-refractivity contribution < 1.29 is 9.90 Å². The summed E-state index contributed by atoms with van der Waals surface area (Å²) >= 11 is 0. The minimum absolute atomic E-state index is 0.160. The molecular weight excluding hydrogens is 336 g/mol. The van der Waals surface area contributed by atoms with Crippen molar-refractivity contribution in [1.82, 2.24) is 9.55 Å². The monoisotopic (exact) mass is 366 g/mol. The number of hydrogen-bond donors (Lipinski definition) is 1. The molecule has 27 heavy (non-hydrogen) atoms. The largest absolute Gasteiger partial charge is 0.477 e. The van der Waals surface area contributed by atoms with Gasteiger partial charge in [0.1, 0.15) is 11.5 Å². The lowest BCUT2D eigenvalue weighted by atomic mass is 9.62. The molecule has 1 aliphatic carbocycles. The average Bonchev–Trinajstić information content (AvgIpc) is 2.92. The smallest absolute Gasteiger partial charge is 0.354 e. The Labute approximate surface area is 161 Å². The van der Waals surface area contributed by atoms with Crippen LogP contribution in [0.4, 0.5) is 0 Å². The summed E-state index contributed by atoms with van der Waals surface area (Å²) in [5.41, 5.74) is 6.99. The molecule has 4 nitrogen and oxygen atoms in total. The lowest BCUT2D eigenvalue weighted by Gasteiger charge is -2.42. The summed E-state index contributed by atoms with van der Waals surface area (Å²) in [6.07, 6.45) is 5.76. The van der Waals surface area contributed by atoms with Crippen LogP contribution in [0.25, 0.3) is 11.6 Å². The molecule has 1 heterocycles. The molecule has 0 aliphatic heterocycles. The molecular formula is C23H30N2O2. The number of fused-ring (bicyclic) bond motifs is 1. The number of imidazole rings is 1. The first-order valence-corrected chi connectivity index (χ1v) is 9.53. The van der Waals surface area contributed by atoms with Crippen LogP contribution in [0, 0.1) is 6.92 Å². The van der Waals surface area contributed by atoms with Gasteiger partial charge < -0.3 is 9.67 Å². The van der Waals surface area contributed by atoms with Crippen molar-refractivity contribution in [1.29, 1.82) is 0 Å². The third-order valence-corrected chi connectivity index (χ3v) is 6.21. The van der Waals surface area contributed by atoms with Crippen LogP contribution in [0.3, 0.4) is 0 Å². The number of aromatic nitrogens is 2. The SMILES string of the molecule is C/C(=C\c1ncc(C(=O)O)n1C)c1cc2c(cc1C)C(C)(C)CCC2(C)C. The summed E-state index contributed by atoms with van der Waals surface area (Å²) in [5.74, 6) is -0.308. The Kier molecular flexibility index (Phi) is 4.57. The highest BCUT2D eigenvalue weighted by molar-refractivity contribution is 5.87. The van der Waals surface area contributed by atoms with Gasteiger partial charge in [-0.05, 0) is 71.4 Å². The molecule has 0 bridgehead atoms. The number of carboxylic acid groups (broad SMARTS) is 1. The molecule has 3 rings (SSSR count). The lowest BCUT2D eigenvalue weighted by Crippen LogP contribution is -2.34. The van der Waals surface area contributed by atoms with E-state index in [1.165, 1.54) is 41.3 Å². The zero-order chi connectivity index (χ0) is 20.1. The van der Waals surface area contributed by atoms with Gasteiger partial charge in [0.25, 0.3) is 0 Å². The van der Waals surface area contributed by atoms with Crippen LogP contribution in [0.1, 0.15) is 86.0 Å². The topological polar surface area (TPSA) is 55.1 Å². The van der Waals surface area contributed by atoms with E-state index >= 15 is 0 Å². The maximum atomic E-state index is 11.3. The molecule has 144 valence electrons. The zero-order valence-electron chi connectivity index (χ0n) is 17.5. The van der Waals surface area contributed by atoms with Crippen molar-refractivity contribution in [3.8, 4) is 0 Å². The zero-order valence-corrected chi connectivity index (χ0v) is 17.5. The summed E-state index contributed by atoms with van der Waals surface area (Å²) in [4.78, 5) is 15.5. The van der Waals surface area contributed by atoms with Crippen LogP contribution >= 0.6 is 0 Å². The minimum Gasteiger partial charge on any atom is -0.477 e. The second-order valence-corrected chi connectivity index (χ2v) is 9.17. The van der Waals surface area contributed by atoms with E-state index in [2.05, 4.69) is 58.7 Å². The Balaban J connectivity index is 2.11. The third kappa shape index (κ3) is 3.33. The molecule has 0 amide bonds. The Morgan fingerprint density at radius 3 is 2.22 bits per heavy atom. The summed E-state index contributed by atoms with van der Waals surface area (Å²) in [7, 11) is 1.74. The van der Waals surface area contributed by atoms with E-state index in [0.29, 0.717) is 5.82 Å². The number of nitrogens with zero attached hydrogens (tertiary/aromatic N) is 2. The van der Waals surface area contributed by atoms with Crippen molar-refractivity contribution in [2.75, 3.05) is 0 Å². The van der Waals surface area contributed by atoms with Crippen LogP contribution in [0.5, 0.6) is 0 Å². The van der Waals surface area contributed by atoms with E-state index in [4.69, 9.17) is 0 Å².